The number of carbonyl (C=O) groups is 1. The largest absolute Gasteiger partial charge is 0.398 e. The number of halogens is 3. The summed E-state index contributed by atoms with van der Waals surface area (Å²) in [6, 6.07) is 6.31. The third-order valence-electron chi connectivity index (χ3n) is 2.05. The number of hydrogen-bond acceptors (Lipinski definition) is 4. The van der Waals surface area contributed by atoms with Gasteiger partial charge in [0.25, 0.3) is 0 Å². The van der Waals surface area contributed by atoms with Crippen LogP contribution >= 0.6 is 11.8 Å². The van der Waals surface area contributed by atoms with Crippen molar-refractivity contribution in [2.45, 2.75) is 11.1 Å². The van der Waals surface area contributed by atoms with E-state index < -0.39 is 17.8 Å². The van der Waals surface area contributed by atoms with Crippen molar-refractivity contribution in [3.63, 3.8) is 0 Å². The molecule has 0 saturated carbocycles. The van der Waals surface area contributed by atoms with E-state index in [2.05, 4.69) is 5.32 Å². The molecule has 0 aliphatic heterocycles. The zero-order valence-electron chi connectivity index (χ0n) is 10.6. The molecule has 0 atom stereocenters. The summed E-state index contributed by atoms with van der Waals surface area (Å²) >= 11 is 0.624. The summed E-state index contributed by atoms with van der Waals surface area (Å²) in [5.74, 6) is -1.44. The van der Waals surface area contributed by atoms with Crippen LogP contribution in [0.5, 0.6) is 0 Å². The Labute approximate surface area is 118 Å². The van der Waals surface area contributed by atoms with Crippen LogP contribution in [0.3, 0.4) is 0 Å². The highest BCUT2D eigenvalue weighted by molar-refractivity contribution is 7.99. The van der Waals surface area contributed by atoms with Crippen molar-refractivity contribution >= 4 is 23.4 Å². The van der Waals surface area contributed by atoms with E-state index in [1.807, 2.05) is 0 Å². The second-order valence-corrected chi connectivity index (χ2v) is 4.81. The van der Waals surface area contributed by atoms with E-state index in [4.69, 9.17) is 10.5 Å². The number of rotatable bonds is 7. The van der Waals surface area contributed by atoms with Crippen molar-refractivity contribution in [1.82, 2.24) is 0 Å². The second kappa shape index (κ2) is 8.13. The maximum Gasteiger partial charge on any atom is 0.398 e. The predicted octanol–water partition coefficient (Wildman–Crippen LogP) is 2.25. The minimum atomic E-state index is -4.26. The van der Waals surface area contributed by atoms with Gasteiger partial charge < -0.3 is 15.8 Å². The highest BCUT2D eigenvalue weighted by Gasteiger charge is 2.27. The van der Waals surface area contributed by atoms with Gasteiger partial charge in [-0.25, -0.2) is 0 Å². The maximum absolute atomic E-state index is 12.2. The SMILES string of the molecule is NCCOCC(=O)Nc1ccccc1SCC(F)(F)F. The molecule has 8 heteroatoms. The molecule has 0 saturated heterocycles. The van der Waals surface area contributed by atoms with Gasteiger partial charge in [-0.1, -0.05) is 12.1 Å². The summed E-state index contributed by atoms with van der Waals surface area (Å²) in [6.45, 7) is 0.360. The monoisotopic (exact) mass is 308 g/mol. The third-order valence-corrected chi connectivity index (χ3v) is 3.19. The van der Waals surface area contributed by atoms with E-state index >= 15 is 0 Å². The lowest BCUT2D eigenvalue weighted by Crippen LogP contribution is -2.21. The Kier molecular flexibility index (Phi) is 6.83. The summed E-state index contributed by atoms with van der Waals surface area (Å²) in [4.78, 5) is 11.9. The average molecular weight is 308 g/mol. The fraction of sp³-hybridized carbons (Fsp3) is 0.417. The number of nitrogens with two attached hydrogens (primary N) is 1. The minimum Gasteiger partial charge on any atom is -0.370 e. The number of benzene rings is 1. The van der Waals surface area contributed by atoms with Gasteiger partial charge >= 0.3 is 6.18 Å². The molecule has 0 heterocycles. The van der Waals surface area contributed by atoms with Gasteiger partial charge in [-0.2, -0.15) is 13.2 Å². The highest BCUT2D eigenvalue weighted by Crippen LogP contribution is 2.31. The van der Waals surface area contributed by atoms with Crippen LogP contribution in [0.4, 0.5) is 18.9 Å². The van der Waals surface area contributed by atoms with Gasteiger partial charge in [-0.05, 0) is 12.1 Å². The summed E-state index contributed by atoms with van der Waals surface area (Å²) in [5.41, 5.74) is 5.54. The highest BCUT2D eigenvalue weighted by atomic mass is 32.2. The molecule has 0 spiro atoms. The van der Waals surface area contributed by atoms with Crippen LogP contribution in [-0.4, -0.2) is 37.6 Å². The molecule has 0 unspecified atom stereocenters. The van der Waals surface area contributed by atoms with E-state index in [0.29, 0.717) is 28.9 Å². The molecular weight excluding hydrogens is 293 g/mol. The summed E-state index contributed by atoms with van der Waals surface area (Å²) < 4.78 is 41.6. The third kappa shape index (κ3) is 6.78. The molecule has 1 aromatic carbocycles. The van der Waals surface area contributed by atoms with Gasteiger partial charge in [0.2, 0.25) is 5.91 Å². The lowest BCUT2D eigenvalue weighted by molar-refractivity contribution is -0.120. The fourth-order valence-corrected chi connectivity index (χ4v) is 2.06. The zero-order valence-corrected chi connectivity index (χ0v) is 11.4. The van der Waals surface area contributed by atoms with Crippen LogP contribution in [0.1, 0.15) is 0 Å². The number of anilines is 1. The molecule has 20 heavy (non-hydrogen) atoms. The maximum atomic E-state index is 12.2. The Bertz CT molecular complexity index is 441. The topological polar surface area (TPSA) is 64.3 Å². The summed E-state index contributed by atoms with van der Waals surface area (Å²) in [5, 5.41) is 2.51. The van der Waals surface area contributed by atoms with Crippen LogP contribution in [0, 0.1) is 0 Å². The van der Waals surface area contributed by atoms with Crippen molar-refractivity contribution in [3.8, 4) is 0 Å². The quantitative estimate of drug-likeness (QED) is 0.599. The normalized spacial score (nSPS) is 11.4. The molecule has 1 aromatic rings. The molecule has 0 bridgehead atoms. The summed E-state index contributed by atoms with van der Waals surface area (Å²) in [6.07, 6.45) is -4.26. The molecule has 0 aromatic heterocycles. The van der Waals surface area contributed by atoms with E-state index in [1.54, 1.807) is 18.2 Å². The van der Waals surface area contributed by atoms with Crippen LogP contribution in [0.25, 0.3) is 0 Å². The molecule has 112 valence electrons. The van der Waals surface area contributed by atoms with E-state index in [0.717, 1.165) is 0 Å². The van der Waals surface area contributed by atoms with E-state index in [-0.39, 0.29) is 13.2 Å². The molecule has 0 radical (unpaired) electrons. The van der Waals surface area contributed by atoms with Crippen LogP contribution in [-0.2, 0) is 9.53 Å². The Morgan fingerprint density at radius 3 is 2.70 bits per heavy atom. The number of alkyl halides is 3. The van der Waals surface area contributed by atoms with Gasteiger partial charge in [0, 0.05) is 11.4 Å². The van der Waals surface area contributed by atoms with E-state index in [9.17, 15) is 18.0 Å². The first-order valence-electron chi connectivity index (χ1n) is 5.78. The van der Waals surface area contributed by atoms with Crippen molar-refractivity contribution in [1.29, 1.82) is 0 Å². The van der Waals surface area contributed by atoms with Gasteiger partial charge in [0.1, 0.15) is 6.61 Å². The van der Waals surface area contributed by atoms with Crippen LogP contribution in [0.2, 0.25) is 0 Å². The van der Waals surface area contributed by atoms with Gasteiger partial charge in [-0.3, -0.25) is 4.79 Å². The number of nitrogens with one attached hydrogen (secondary N) is 1. The second-order valence-electron chi connectivity index (χ2n) is 3.79. The minimum absolute atomic E-state index is 0.185. The number of thioether (sulfide) groups is 1. The van der Waals surface area contributed by atoms with Crippen LogP contribution in [0.15, 0.2) is 29.2 Å². The lowest BCUT2D eigenvalue weighted by atomic mass is 10.3. The first kappa shape index (κ1) is 16.8. The molecule has 0 fully saturated rings. The number of carbonyl (C=O) groups excluding carboxylic acids is 1. The van der Waals surface area contributed by atoms with Gasteiger partial charge in [0.15, 0.2) is 0 Å². The van der Waals surface area contributed by atoms with Crippen molar-refractivity contribution in [2.24, 2.45) is 5.73 Å². The lowest BCUT2D eigenvalue weighted by Gasteiger charge is -2.12. The number of amides is 1. The molecule has 3 N–H and O–H groups in total. The first-order valence-corrected chi connectivity index (χ1v) is 6.77. The van der Waals surface area contributed by atoms with Crippen molar-refractivity contribution in [2.75, 3.05) is 30.8 Å². The molecule has 4 nitrogen and oxygen atoms in total. The van der Waals surface area contributed by atoms with E-state index in [1.165, 1.54) is 6.07 Å². The van der Waals surface area contributed by atoms with Crippen molar-refractivity contribution in [3.05, 3.63) is 24.3 Å². The van der Waals surface area contributed by atoms with Crippen LogP contribution < -0.4 is 11.1 Å². The summed E-state index contributed by atoms with van der Waals surface area (Å²) in [7, 11) is 0. The Hall–Kier alpha value is -1.25. The molecular formula is C12H15F3N2O2S. The zero-order chi connectivity index (χ0) is 15.0. The fourth-order valence-electron chi connectivity index (χ4n) is 1.29. The van der Waals surface area contributed by atoms with Crippen molar-refractivity contribution < 1.29 is 22.7 Å². The smallest absolute Gasteiger partial charge is 0.370 e. The Morgan fingerprint density at radius 1 is 1.35 bits per heavy atom. The molecule has 1 amide bonds. The molecule has 0 aliphatic carbocycles. The number of hydrogen-bond donors (Lipinski definition) is 2. The first-order chi connectivity index (χ1) is 9.42. The Morgan fingerprint density at radius 2 is 2.05 bits per heavy atom. The molecule has 0 aliphatic rings. The standard InChI is InChI=1S/C12H15F3N2O2S/c13-12(14,15)8-20-10-4-2-1-3-9(10)17-11(18)7-19-6-5-16/h1-4H,5-8,16H2,(H,17,18). The Balaban J connectivity index is 2.58. The average Bonchev–Trinajstić information content (AvgIpc) is 2.37. The number of ether oxygens (including phenoxy) is 1. The predicted molar refractivity (Wildman–Crippen MR) is 71.7 cm³/mol. The number of para-hydroxylation sites is 1. The molecule has 1 rings (SSSR count). The van der Waals surface area contributed by atoms with Gasteiger partial charge in [-0.15, -0.1) is 11.8 Å². The van der Waals surface area contributed by atoms with Gasteiger partial charge in [0.05, 0.1) is 18.0 Å².